The molecule has 3 nitrogen and oxygen atoms in total. The number of pyridine rings is 1. The van der Waals surface area contributed by atoms with Gasteiger partial charge in [-0.05, 0) is 64.6 Å². The van der Waals surface area contributed by atoms with Crippen LogP contribution in [0.3, 0.4) is 0 Å². The predicted molar refractivity (Wildman–Crippen MR) is 125 cm³/mol. The minimum Gasteiger partial charge on any atom is -0.384 e. The molecule has 0 saturated carbocycles. The Labute approximate surface area is 190 Å². The molecule has 1 heterocycles. The first-order chi connectivity index (χ1) is 15.7. The summed E-state index contributed by atoms with van der Waals surface area (Å²) in [6.45, 7) is 2.02. The molecule has 0 fully saturated rings. The summed E-state index contributed by atoms with van der Waals surface area (Å²) in [5.41, 5.74) is 8.06. The lowest BCUT2D eigenvalue weighted by molar-refractivity contribution is -0.137. The molecule has 0 bridgehead atoms. The molecule has 0 amide bonds. The maximum absolute atomic E-state index is 12.9. The van der Waals surface area contributed by atoms with E-state index < -0.39 is 11.7 Å². The Hall–Kier alpha value is -3.67. The molecule has 0 saturated heterocycles. The summed E-state index contributed by atoms with van der Waals surface area (Å²) in [5.74, 6) is 0.598. The van der Waals surface area contributed by atoms with Gasteiger partial charge in [-0.15, -0.1) is 0 Å². The highest BCUT2D eigenvalue weighted by Crippen LogP contribution is 2.34. The Kier molecular flexibility index (Phi) is 6.18. The van der Waals surface area contributed by atoms with Gasteiger partial charge in [0, 0.05) is 17.7 Å². The van der Waals surface area contributed by atoms with Gasteiger partial charge in [-0.3, -0.25) is 4.79 Å². The Morgan fingerprint density at radius 3 is 2.39 bits per heavy atom. The molecule has 4 aromatic rings. The quantitative estimate of drug-likeness (QED) is 0.316. The van der Waals surface area contributed by atoms with Gasteiger partial charge in [0.15, 0.2) is 5.78 Å². The smallest absolute Gasteiger partial charge is 0.384 e. The van der Waals surface area contributed by atoms with E-state index in [-0.39, 0.29) is 11.7 Å². The van der Waals surface area contributed by atoms with Crippen LogP contribution in [0, 0.1) is 0 Å². The summed E-state index contributed by atoms with van der Waals surface area (Å²) in [5, 5.41) is 1.75. The van der Waals surface area contributed by atoms with Crippen molar-refractivity contribution in [2.45, 2.75) is 31.9 Å². The predicted octanol–water partition coefficient (Wildman–Crippen LogP) is 7.27. The number of aromatic nitrogens is 1. The number of nitrogens with two attached hydrogens (primary N) is 1. The standard InChI is InChI=1S/C27H23F3N2O/c1-17(24-6-3-7-26(31)32-24)8-15-25(33)20-11-14-23-19(16-20)4-2-5-22(23)18-9-12-21(13-10-18)27(28,29)30/h2-7,9-14,16-17H,8,15H2,1H3,(H2,31,32)/t17-/m1/s1. The molecule has 0 spiro atoms. The number of anilines is 1. The third kappa shape index (κ3) is 5.06. The molecule has 4 rings (SSSR count). The second-order valence-electron chi connectivity index (χ2n) is 8.17. The summed E-state index contributed by atoms with van der Waals surface area (Å²) < 4.78 is 38.6. The lowest BCUT2D eigenvalue weighted by Gasteiger charge is -2.12. The fourth-order valence-electron chi connectivity index (χ4n) is 3.93. The van der Waals surface area contributed by atoms with Crippen molar-refractivity contribution in [3.05, 3.63) is 95.7 Å². The van der Waals surface area contributed by atoms with Crippen molar-refractivity contribution in [3.63, 3.8) is 0 Å². The Bertz CT molecular complexity index is 1300. The lowest BCUT2D eigenvalue weighted by Crippen LogP contribution is -2.05. The van der Waals surface area contributed by atoms with Crippen LogP contribution in [-0.2, 0) is 6.18 Å². The fourth-order valence-corrected chi connectivity index (χ4v) is 3.93. The number of carbonyl (C=O) groups is 1. The molecule has 6 heteroatoms. The second-order valence-corrected chi connectivity index (χ2v) is 8.17. The number of ketones is 1. The number of carbonyl (C=O) groups excluding carboxylic acids is 1. The van der Waals surface area contributed by atoms with E-state index in [9.17, 15) is 18.0 Å². The topological polar surface area (TPSA) is 56.0 Å². The van der Waals surface area contributed by atoms with E-state index in [0.29, 0.717) is 29.8 Å². The molecule has 0 aliphatic rings. The van der Waals surface area contributed by atoms with Gasteiger partial charge in [-0.1, -0.05) is 55.5 Å². The highest BCUT2D eigenvalue weighted by molar-refractivity contribution is 6.03. The van der Waals surface area contributed by atoms with Gasteiger partial charge in [0.2, 0.25) is 0 Å². The van der Waals surface area contributed by atoms with E-state index in [1.165, 1.54) is 12.1 Å². The maximum Gasteiger partial charge on any atom is 0.416 e. The Morgan fingerprint density at radius 2 is 1.70 bits per heavy atom. The van der Waals surface area contributed by atoms with E-state index in [0.717, 1.165) is 34.2 Å². The number of nitrogen functional groups attached to an aromatic ring is 1. The summed E-state index contributed by atoms with van der Waals surface area (Å²) in [6.07, 6.45) is -3.34. The maximum atomic E-state index is 12.9. The van der Waals surface area contributed by atoms with E-state index in [1.54, 1.807) is 12.1 Å². The zero-order valence-electron chi connectivity index (χ0n) is 18.1. The van der Waals surface area contributed by atoms with E-state index >= 15 is 0 Å². The van der Waals surface area contributed by atoms with E-state index in [4.69, 9.17) is 5.73 Å². The van der Waals surface area contributed by atoms with Crippen LogP contribution in [-0.4, -0.2) is 10.8 Å². The SMILES string of the molecule is C[C@H](CCC(=O)c1ccc2c(-c3ccc(C(F)(F)F)cc3)cccc2c1)c1cccc(N)n1. The minimum atomic E-state index is -4.37. The molecule has 3 aromatic carbocycles. The van der Waals surface area contributed by atoms with Gasteiger partial charge < -0.3 is 5.73 Å². The molecule has 2 N–H and O–H groups in total. The third-order valence-corrected chi connectivity index (χ3v) is 5.83. The minimum absolute atomic E-state index is 0.0348. The first-order valence-corrected chi connectivity index (χ1v) is 10.7. The lowest BCUT2D eigenvalue weighted by atomic mass is 9.93. The van der Waals surface area contributed by atoms with E-state index in [2.05, 4.69) is 4.98 Å². The van der Waals surface area contributed by atoms with Crippen LogP contribution >= 0.6 is 0 Å². The summed E-state index contributed by atoms with van der Waals surface area (Å²) in [6, 6.07) is 21.7. The number of fused-ring (bicyclic) bond motifs is 1. The highest BCUT2D eigenvalue weighted by Gasteiger charge is 2.30. The number of halogens is 3. The van der Waals surface area contributed by atoms with Crippen LogP contribution in [0.15, 0.2) is 78.9 Å². The Morgan fingerprint density at radius 1 is 0.970 bits per heavy atom. The first-order valence-electron chi connectivity index (χ1n) is 10.7. The van der Waals surface area contributed by atoms with E-state index in [1.807, 2.05) is 49.4 Å². The number of hydrogen-bond acceptors (Lipinski definition) is 3. The number of alkyl halides is 3. The van der Waals surface area contributed by atoms with Gasteiger partial charge in [-0.2, -0.15) is 13.2 Å². The van der Waals surface area contributed by atoms with Gasteiger partial charge in [0.1, 0.15) is 5.82 Å². The Balaban J connectivity index is 1.53. The van der Waals surface area contributed by atoms with Crippen molar-refractivity contribution in [3.8, 4) is 11.1 Å². The molecule has 1 aromatic heterocycles. The van der Waals surface area contributed by atoms with Crippen molar-refractivity contribution in [2.24, 2.45) is 0 Å². The summed E-state index contributed by atoms with van der Waals surface area (Å²) in [4.78, 5) is 17.2. The van der Waals surface area contributed by atoms with Crippen LogP contribution in [0.1, 0.15) is 47.3 Å². The molecule has 33 heavy (non-hydrogen) atoms. The average molecular weight is 448 g/mol. The largest absolute Gasteiger partial charge is 0.416 e. The molecule has 0 radical (unpaired) electrons. The monoisotopic (exact) mass is 448 g/mol. The fraction of sp³-hybridized carbons (Fsp3) is 0.185. The number of rotatable bonds is 6. The second kappa shape index (κ2) is 9.06. The number of Topliss-reactive ketones (excluding diaryl/α,β-unsaturated/α-hetero) is 1. The molecule has 0 aliphatic heterocycles. The van der Waals surface area contributed by atoms with Crippen molar-refractivity contribution >= 4 is 22.4 Å². The van der Waals surface area contributed by atoms with Gasteiger partial charge in [0.05, 0.1) is 5.56 Å². The molecule has 0 aliphatic carbocycles. The molecule has 168 valence electrons. The van der Waals surface area contributed by atoms with Crippen LogP contribution in [0.2, 0.25) is 0 Å². The van der Waals surface area contributed by atoms with Crippen LogP contribution in [0.4, 0.5) is 19.0 Å². The van der Waals surface area contributed by atoms with Gasteiger partial charge in [-0.25, -0.2) is 4.98 Å². The zero-order chi connectivity index (χ0) is 23.6. The van der Waals surface area contributed by atoms with Crippen molar-refractivity contribution in [1.82, 2.24) is 4.98 Å². The zero-order valence-corrected chi connectivity index (χ0v) is 18.1. The highest BCUT2D eigenvalue weighted by atomic mass is 19.4. The van der Waals surface area contributed by atoms with Gasteiger partial charge >= 0.3 is 6.18 Å². The van der Waals surface area contributed by atoms with Crippen molar-refractivity contribution in [2.75, 3.05) is 5.73 Å². The average Bonchev–Trinajstić information content (AvgIpc) is 2.81. The molecule has 0 unspecified atom stereocenters. The van der Waals surface area contributed by atoms with Crippen LogP contribution in [0.25, 0.3) is 21.9 Å². The van der Waals surface area contributed by atoms with Crippen LogP contribution < -0.4 is 5.73 Å². The van der Waals surface area contributed by atoms with Crippen LogP contribution in [0.5, 0.6) is 0 Å². The summed E-state index contributed by atoms with van der Waals surface area (Å²) >= 11 is 0. The van der Waals surface area contributed by atoms with Gasteiger partial charge in [0.25, 0.3) is 0 Å². The number of nitrogens with zero attached hydrogens (tertiary/aromatic N) is 1. The molecular formula is C27H23F3N2O. The number of hydrogen-bond donors (Lipinski definition) is 1. The normalized spacial score (nSPS) is 12.6. The van der Waals surface area contributed by atoms with Crippen molar-refractivity contribution < 1.29 is 18.0 Å². The number of benzene rings is 3. The molecule has 1 atom stereocenters. The molecular weight excluding hydrogens is 425 g/mol. The third-order valence-electron chi connectivity index (χ3n) is 5.83. The first kappa shape index (κ1) is 22.5. The summed E-state index contributed by atoms with van der Waals surface area (Å²) in [7, 11) is 0. The van der Waals surface area contributed by atoms with Crippen molar-refractivity contribution in [1.29, 1.82) is 0 Å².